The molecule has 0 saturated heterocycles. The Morgan fingerprint density at radius 2 is 1.83 bits per heavy atom. The van der Waals surface area contributed by atoms with Crippen LogP contribution in [-0.2, 0) is 10.0 Å². The third-order valence-electron chi connectivity index (χ3n) is 3.11. The fraction of sp³-hybridized carbons (Fsp3) is 0.0714. The zero-order valence-corrected chi connectivity index (χ0v) is 14.8. The normalized spacial score (nSPS) is 11.5. The molecule has 0 spiro atoms. The molecule has 3 aromatic rings. The average Bonchev–Trinajstić information content (AvgIpc) is 2.89. The number of nitrogens with two attached hydrogens (primary N) is 1. The highest BCUT2D eigenvalue weighted by Crippen LogP contribution is 2.34. The van der Waals surface area contributed by atoms with Crippen LogP contribution in [0.4, 0.5) is 10.9 Å². The molecule has 1 aromatic carbocycles. The smallest absolute Gasteiger partial charge is 0.238 e. The molecule has 24 heavy (non-hydrogen) atoms. The molecule has 2 aromatic heterocycles. The van der Waals surface area contributed by atoms with Gasteiger partial charge in [0.05, 0.1) is 15.5 Å². The van der Waals surface area contributed by atoms with E-state index in [4.69, 9.17) is 16.7 Å². The van der Waals surface area contributed by atoms with Crippen LogP contribution in [0.25, 0.3) is 10.4 Å². The molecule has 2 heterocycles. The molecule has 0 bridgehead atoms. The van der Waals surface area contributed by atoms with E-state index < -0.39 is 10.0 Å². The number of nitrogens with zero attached hydrogens (tertiary/aromatic N) is 3. The molecule has 0 saturated carbocycles. The minimum Gasteiger partial charge on any atom is -0.315 e. The van der Waals surface area contributed by atoms with Crippen LogP contribution in [0.5, 0.6) is 0 Å². The van der Waals surface area contributed by atoms with Gasteiger partial charge in [-0.1, -0.05) is 35.1 Å². The monoisotopic (exact) mass is 381 g/mol. The van der Waals surface area contributed by atoms with Crippen LogP contribution in [0, 0.1) is 6.92 Å². The van der Waals surface area contributed by atoms with E-state index in [0.717, 1.165) is 16.1 Å². The SMILES string of the molecule is Cc1nc(Nc2ccc(Cl)nn2)sc1-c1ccc(S(N)(=O)=O)cc1. The van der Waals surface area contributed by atoms with Crippen molar-refractivity contribution in [3.8, 4) is 10.4 Å². The lowest BCUT2D eigenvalue weighted by atomic mass is 10.2. The van der Waals surface area contributed by atoms with Crippen LogP contribution < -0.4 is 10.5 Å². The van der Waals surface area contributed by atoms with Crippen molar-refractivity contribution in [2.24, 2.45) is 5.14 Å². The molecule has 0 unspecified atom stereocenters. The zero-order chi connectivity index (χ0) is 17.3. The van der Waals surface area contributed by atoms with Crippen LogP contribution >= 0.6 is 22.9 Å². The molecule has 3 N–H and O–H groups in total. The van der Waals surface area contributed by atoms with Crippen LogP contribution in [0.1, 0.15) is 5.69 Å². The number of benzene rings is 1. The molecule has 0 amide bonds. The van der Waals surface area contributed by atoms with Gasteiger partial charge in [0, 0.05) is 0 Å². The van der Waals surface area contributed by atoms with Gasteiger partial charge in [-0.05, 0) is 36.8 Å². The number of hydrogen-bond donors (Lipinski definition) is 2. The molecule has 124 valence electrons. The van der Waals surface area contributed by atoms with E-state index in [0.29, 0.717) is 16.1 Å². The van der Waals surface area contributed by atoms with Crippen molar-refractivity contribution >= 4 is 43.9 Å². The number of aromatic nitrogens is 3. The maximum atomic E-state index is 11.3. The summed E-state index contributed by atoms with van der Waals surface area (Å²) < 4.78 is 22.6. The third-order valence-corrected chi connectivity index (χ3v) is 5.36. The van der Waals surface area contributed by atoms with Gasteiger partial charge in [-0.2, -0.15) is 0 Å². The van der Waals surface area contributed by atoms with Gasteiger partial charge in [0.1, 0.15) is 0 Å². The summed E-state index contributed by atoms with van der Waals surface area (Å²) in [6.07, 6.45) is 0. The number of nitrogens with one attached hydrogen (secondary N) is 1. The second-order valence-electron chi connectivity index (χ2n) is 4.87. The summed E-state index contributed by atoms with van der Waals surface area (Å²) in [7, 11) is -3.70. The van der Waals surface area contributed by atoms with E-state index in [1.165, 1.54) is 23.5 Å². The van der Waals surface area contributed by atoms with E-state index in [1.54, 1.807) is 24.3 Å². The standard InChI is InChI=1S/C14H12ClN5O2S2/c1-8-13(9-2-4-10(5-3-9)24(16,21)22)23-14(17-8)18-12-7-6-11(15)19-20-12/h2-7H,1H3,(H2,16,21,22)(H,17,18,20). The maximum absolute atomic E-state index is 11.3. The van der Waals surface area contributed by atoms with Crippen LogP contribution in [0.3, 0.4) is 0 Å². The third kappa shape index (κ3) is 3.70. The van der Waals surface area contributed by atoms with Crippen molar-refractivity contribution in [2.75, 3.05) is 5.32 Å². The molecule has 0 atom stereocenters. The first kappa shape index (κ1) is 16.8. The van der Waals surface area contributed by atoms with Gasteiger partial charge in [0.25, 0.3) is 0 Å². The Morgan fingerprint density at radius 1 is 1.12 bits per heavy atom. The summed E-state index contributed by atoms with van der Waals surface area (Å²) >= 11 is 7.12. The first-order valence-electron chi connectivity index (χ1n) is 6.70. The largest absolute Gasteiger partial charge is 0.315 e. The molecular weight excluding hydrogens is 370 g/mol. The van der Waals surface area contributed by atoms with Crippen LogP contribution in [0.15, 0.2) is 41.3 Å². The van der Waals surface area contributed by atoms with E-state index in [-0.39, 0.29) is 4.90 Å². The Kier molecular flexibility index (Phi) is 4.50. The summed E-state index contributed by atoms with van der Waals surface area (Å²) in [5, 5.41) is 16.8. The predicted molar refractivity (Wildman–Crippen MR) is 94.0 cm³/mol. The molecule has 0 aliphatic heterocycles. The first-order valence-corrected chi connectivity index (χ1v) is 9.44. The van der Waals surface area contributed by atoms with E-state index in [1.807, 2.05) is 6.92 Å². The minimum atomic E-state index is -3.70. The Morgan fingerprint density at radius 3 is 2.42 bits per heavy atom. The quantitative estimate of drug-likeness (QED) is 0.718. The molecule has 0 aliphatic rings. The molecule has 3 rings (SSSR count). The summed E-state index contributed by atoms with van der Waals surface area (Å²) in [6.45, 7) is 1.87. The summed E-state index contributed by atoms with van der Waals surface area (Å²) in [6, 6.07) is 9.68. The summed E-state index contributed by atoms with van der Waals surface area (Å²) in [4.78, 5) is 5.43. The molecule has 0 aliphatic carbocycles. The van der Waals surface area contributed by atoms with Gasteiger partial charge >= 0.3 is 0 Å². The fourth-order valence-electron chi connectivity index (χ4n) is 2.01. The number of anilines is 2. The van der Waals surface area contributed by atoms with Crippen molar-refractivity contribution in [3.05, 3.63) is 47.2 Å². The van der Waals surface area contributed by atoms with Crippen molar-refractivity contribution in [1.29, 1.82) is 0 Å². The summed E-state index contributed by atoms with van der Waals surface area (Å²) in [5.41, 5.74) is 1.67. The molecule has 7 nitrogen and oxygen atoms in total. The number of thiazole rings is 1. The molecular formula is C14H12ClN5O2S2. The number of sulfonamides is 1. The second-order valence-corrected chi connectivity index (χ2v) is 7.82. The first-order chi connectivity index (χ1) is 11.3. The lowest BCUT2D eigenvalue weighted by Crippen LogP contribution is -2.11. The topological polar surface area (TPSA) is 111 Å². The van der Waals surface area contributed by atoms with Crippen molar-refractivity contribution in [3.63, 3.8) is 0 Å². The van der Waals surface area contributed by atoms with Gasteiger partial charge in [-0.3, -0.25) is 0 Å². The lowest BCUT2D eigenvalue weighted by Gasteiger charge is -2.01. The molecule has 10 heteroatoms. The number of hydrogen-bond acceptors (Lipinski definition) is 7. The highest BCUT2D eigenvalue weighted by atomic mass is 35.5. The van der Waals surface area contributed by atoms with E-state index in [9.17, 15) is 8.42 Å². The number of aryl methyl sites for hydroxylation is 1. The van der Waals surface area contributed by atoms with E-state index in [2.05, 4.69) is 20.5 Å². The van der Waals surface area contributed by atoms with Gasteiger partial charge in [0.15, 0.2) is 16.1 Å². The van der Waals surface area contributed by atoms with E-state index >= 15 is 0 Å². The highest BCUT2D eigenvalue weighted by molar-refractivity contribution is 7.89. The Balaban J connectivity index is 1.87. The minimum absolute atomic E-state index is 0.0724. The molecule has 0 fully saturated rings. The van der Waals surface area contributed by atoms with Gasteiger partial charge in [-0.15, -0.1) is 10.2 Å². The van der Waals surface area contributed by atoms with Crippen LogP contribution in [-0.4, -0.2) is 23.6 Å². The number of halogens is 1. The Hall–Kier alpha value is -2.07. The van der Waals surface area contributed by atoms with Gasteiger partial charge in [-0.25, -0.2) is 18.5 Å². The van der Waals surface area contributed by atoms with Gasteiger partial charge < -0.3 is 5.32 Å². The fourth-order valence-corrected chi connectivity index (χ4v) is 3.60. The lowest BCUT2D eigenvalue weighted by molar-refractivity contribution is 0.598. The summed E-state index contributed by atoms with van der Waals surface area (Å²) in [5.74, 6) is 0.532. The Bertz CT molecular complexity index is 969. The second kappa shape index (κ2) is 6.44. The van der Waals surface area contributed by atoms with Crippen molar-refractivity contribution in [2.45, 2.75) is 11.8 Å². The van der Waals surface area contributed by atoms with Crippen molar-refractivity contribution in [1.82, 2.24) is 15.2 Å². The van der Waals surface area contributed by atoms with Crippen molar-refractivity contribution < 1.29 is 8.42 Å². The van der Waals surface area contributed by atoms with Gasteiger partial charge in [0.2, 0.25) is 10.0 Å². The Labute approximate surface area is 147 Å². The number of rotatable bonds is 4. The highest BCUT2D eigenvalue weighted by Gasteiger charge is 2.12. The zero-order valence-electron chi connectivity index (χ0n) is 12.4. The predicted octanol–water partition coefficient (Wildman–Crippen LogP) is 2.95. The molecule has 0 radical (unpaired) electrons. The average molecular weight is 382 g/mol. The van der Waals surface area contributed by atoms with Crippen LogP contribution in [0.2, 0.25) is 5.15 Å². The number of primary sulfonamides is 1. The maximum Gasteiger partial charge on any atom is 0.238 e.